The van der Waals surface area contributed by atoms with Crippen molar-refractivity contribution in [2.24, 2.45) is 0 Å². The van der Waals surface area contributed by atoms with E-state index in [0.717, 1.165) is 35.2 Å². The normalized spacial score (nSPS) is 14.2. The highest BCUT2D eigenvalue weighted by Crippen LogP contribution is 2.35. The lowest BCUT2D eigenvalue weighted by molar-refractivity contribution is -0.135. The molecule has 5 N–H and O–H groups in total. The van der Waals surface area contributed by atoms with Gasteiger partial charge in [-0.3, -0.25) is 29.1 Å². The Hall–Kier alpha value is -3.41. The number of aliphatic carboxylic acids is 1. The number of anilines is 1. The van der Waals surface area contributed by atoms with Crippen molar-refractivity contribution in [1.82, 2.24) is 14.9 Å². The molecule has 1 aliphatic carbocycles. The molecule has 0 saturated heterocycles. The van der Waals surface area contributed by atoms with E-state index in [1.54, 1.807) is 12.3 Å². The van der Waals surface area contributed by atoms with E-state index in [1.165, 1.54) is 0 Å². The largest absolute Gasteiger partial charge is 0.506 e. The van der Waals surface area contributed by atoms with Gasteiger partial charge in [0.25, 0.3) is 17.4 Å². The van der Waals surface area contributed by atoms with Gasteiger partial charge in [-0.1, -0.05) is 19.3 Å². The fourth-order valence-corrected chi connectivity index (χ4v) is 4.26. The highest BCUT2D eigenvalue weighted by atomic mass is 32.1. The molecule has 2 amide bonds. The fourth-order valence-electron chi connectivity index (χ4n) is 3.58. The number of aromatic nitrogens is 2. The lowest BCUT2D eigenvalue weighted by atomic mass is 9.94. The Balaban J connectivity index is 2.12. The summed E-state index contributed by atoms with van der Waals surface area (Å²) >= 11 is 1.12. The van der Waals surface area contributed by atoms with Crippen LogP contribution in [0, 0.1) is 6.92 Å². The lowest BCUT2D eigenvalue weighted by Crippen LogP contribution is -2.38. The summed E-state index contributed by atoms with van der Waals surface area (Å²) in [5, 5.41) is 36.5. The third kappa shape index (κ3) is 4.68. The molecule has 1 saturated carbocycles. The molecule has 0 aromatic carbocycles. The van der Waals surface area contributed by atoms with Crippen molar-refractivity contribution in [2.75, 3.05) is 11.9 Å². The molecule has 0 aliphatic heterocycles. The van der Waals surface area contributed by atoms with Gasteiger partial charge in [0, 0.05) is 11.4 Å². The maximum Gasteiger partial charge on any atom is 0.322 e. The molecule has 2 aromatic heterocycles. The van der Waals surface area contributed by atoms with Crippen molar-refractivity contribution >= 4 is 34.3 Å². The third-order valence-electron chi connectivity index (χ3n) is 4.99. The third-order valence-corrected chi connectivity index (χ3v) is 5.87. The Morgan fingerprint density at radius 3 is 2.42 bits per heavy atom. The lowest BCUT2D eigenvalue weighted by Gasteiger charge is -2.26. The summed E-state index contributed by atoms with van der Waals surface area (Å²) in [6.07, 6.45) is 3.62. The average molecular weight is 450 g/mol. The number of hydrogen-bond acceptors (Lipinski definition) is 8. The van der Waals surface area contributed by atoms with Crippen LogP contribution in [0.4, 0.5) is 5.13 Å². The predicted molar refractivity (Wildman–Crippen MR) is 111 cm³/mol. The first kappa shape index (κ1) is 22.3. The molecule has 2 heterocycles. The second-order valence-corrected chi connectivity index (χ2v) is 8.07. The van der Waals surface area contributed by atoms with Crippen LogP contribution in [-0.2, 0) is 4.79 Å². The molecule has 0 unspecified atom stereocenters. The number of amides is 2. The summed E-state index contributed by atoms with van der Waals surface area (Å²) < 4.78 is 0.941. The molecular formula is C19H22N4O7S. The minimum Gasteiger partial charge on any atom is -0.506 e. The number of aromatic hydroxyl groups is 2. The zero-order valence-electron chi connectivity index (χ0n) is 16.7. The van der Waals surface area contributed by atoms with E-state index >= 15 is 0 Å². The van der Waals surface area contributed by atoms with Gasteiger partial charge in [0.05, 0.1) is 5.69 Å². The van der Waals surface area contributed by atoms with Gasteiger partial charge >= 0.3 is 5.97 Å². The molecule has 0 bridgehead atoms. The number of aryl methyl sites for hydroxylation is 1. The zero-order valence-corrected chi connectivity index (χ0v) is 17.5. The van der Waals surface area contributed by atoms with Crippen LogP contribution in [0.2, 0.25) is 0 Å². The highest BCUT2D eigenvalue weighted by Gasteiger charge is 2.33. The molecule has 0 spiro atoms. The molecule has 0 atom stereocenters. The van der Waals surface area contributed by atoms with E-state index in [-0.39, 0.29) is 5.13 Å². The van der Waals surface area contributed by atoms with Crippen LogP contribution in [0.25, 0.3) is 0 Å². The summed E-state index contributed by atoms with van der Waals surface area (Å²) in [4.78, 5) is 53.2. The number of carboxylic acid groups (broad SMARTS) is 1. The predicted octanol–water partition coefficient (Wildman–Crippen LogP) is 1.60. The van der Waals surface area contributed by atoms with Crippen LogP contribution in [-0.4, -0.2) is 49.2 Å². The summed E-state index contributed by atoms with van der Waals surface area (Å²) in [5.74, 6) is -5.25. The molecular weight excluding hydrogens is 428 g/mol. The standard InChI is InChI=1S/C19H22N4O7S/c1-9-8-31-19(21-9)22-16(28)13-14(26)12(15(27)20-7-11(24)25)17(29)23(18(13)30)10-5-3-2-4-6-10/h8,10,26,30H,2-7H2,1H3,(H,20,27)(H,24,25)(H,21,22,28). The van der Waals surface area contributed by atoms with Crippen molar-refractivity contribution in [2.45, 2.75) is 45.1 Å². The second kappa shape index (κ2) is 9.16. The smallest absolute Gasteiger partial charge is 0.322 e. The van der Waals surface area contributed by atoms with Gasteiger partial charge in [-0.2, -0.15) is 0 Å². The van der Waals surface area contributed by atoms with Crippen LogP contribution in [0.3, 0.4) is 0 Å². The number of carbonyl (C=O) groups is 3. The number of rotatable bonds is 6. The molecule has 2 aromatic rings. The Kier molecular flexibility index (Phi) is 6.59. The molecule has 0 radical (unpaired) electrons. The number of carboxylic acids is 1. The quantitative estimate of drug-likeness (QED) is 0.441. The van der Waals surface area contributed by atoms with Crippen molar-refractivity contribution in [3.63, 3.8) is 0 Å². The Bertz CT molecular complexity index is 1090. The van der Waals surface area contributed by atoms with Crippen molar-refractivity contribution in [1.29, 1.82) is 0 Å². The number of nitrogens with one attached hydrogen (secondary N) is 2. The van der Waals surface area contributed by atoms with Gasteiger partial charge in [0.1, 0.15) is 17.7 Å². The molecule has 12 heteroatoms. The molecule has 1 aliphatic rings. The maximum atomic E-state index is 13.0. The van der Waals surface area contributed by atoms with Crippen LogP contribution in [0.1, 0.15) is 64.6 Å². The summed E-state index contributed by atoms with van der Waals surface area (Å²) in [5.41, 5.74) is -1.80. The second-order valence-electron chi connectivity index (χ2n) is 7.21. The van der Waals surface area contributed by atoms with Crippen molar-refractivity contribution < 1.29 is 29.7 Å². The number of nitrogens with zero attached hydrogens (tertiary/aromatic N) is 2. The first-order valence-corrected chi connectivity index (χ1v) is 10.5. The SMILES string of the molecule is Cc1csc(NC(=O)c2c(O)c(C(=O)NCC(=O)O)c(=O)n(C3CCCCC3)c2O)n1. The number of pyridine rings is 1. The minimum atomic E-state index is -1.35. The monoisotopic (exact) mass is 450 g/mol. The number of carbonyl (C=O) groups excluding carboxylic acids is 2. The molecule has 166 valence electrons. The van der Waals surface area contributed by atoms with Crippen molar-refractivity contribution in [3.05, 3.63) is 32.6 Å². The average Bonchev–Trinajstić information content (AvgIpc) is 3.11. The number of hydrogen-bond donors (Lipinski definition) is 5. The number of thiazole rings is 1. The molecule has 11 nitrogen and oxygen atoms in total. The van der Waals surface area contributed by atoms with Gasteiger partial charge in [-0.15, -0.1) is 11.3 Å². The van der Waals surface area contributed by atoms with E-state index in [0.29, 0.717) is 18.5 Å². The van der Waals surface area contributed by atoms with Gasteiger partial charge in [0.15, 0.2) is 10.9 Å². The highest BCUT2D eigenvalue weighted by molar-refractivity contribution is 7.13. The van der Waals surface area contributed by atoms with E-state index in [2.05, 4.69) is 10.3 Å². The van der Waals surface area contributed by atoms with Crippen LogP contribution < -0.4 is 16.2 Å². The van der Waals surface area contributed by atoms with E-state index in [1.807, 2.05) is 5.32 Å². The summed E-state index contributed by atoms with van der Waals surface area (Å²) in [6, 6.07) is -0.471. The zero-order chi connectivity index (χ0) is 22.7. The van der Waals surface area contributed by atoms with E-state index in [9.17, 15) is 29.4 Å². The van der Waals surface area contributed by atoms with Gasteiger partial charge < -0.3 is 20.6 Å². The summed E-state index contributed by atoms with van der Waals surface area (Å²) in [7, 11) is 0. The molecule has 3 rings (SSSR count). The van der Waals surface area contributed by atoms with Crippen LogP contribution >= 0.6 is 11.3 Å². The van der Waals surface area contributed by atoms with Crippen LogP contribution in [0.5, 0.6) is 11.6 Å². The first-order valence-electron chi connectivity index (χ1n) is 9.64. The Morgan fingerprint density at radius 1 is 1.16 bits per heavy atom. The van der Waals surface area contributed by atoms with Gasteiger partial charge in [-0.05, 0) is 19.8 Å². The van der Waals surface area contributed by atoms with Crippen molar-refractivity contribution in [3.8, 4) is 11.6 Å². The van der Waals surface area contributed by atoms with Crippen LogP contribution in [0.15, 0.2) is 10.2 Å². The molecule has 31 heavy (non-hydrogen) atoms. The molecule has 1 fully saturated rings. The topological polar surface area (TPSA) is 171 Å². The van der Waals surface area contributed by atoms with Gasteiger partial charge in [-0.25, -0.2) is 4.98 Å². The maximum absolute atomic E-state index is 13.0. The van der Waals surface area contributed by atoms with E-state index < -0.39 is 58.7 Å². The minimum absolute atomic E-state index is 0.202. The van der Waals surface area contributed by atoms with E-state index in [4.69, 9.17) is 5.11 Å². The Labute approximate surface area is 180 Å². The van der Waals surface area contributed by atoms with Gasteiger partial charge in [0.2, 0.25) is 5.88 Å². The fraction of sp³-hybridized carbons (Fsp3) is 0.421. The Morgan fingerprint density at radius 2 is 1.84 bits per heavy atom. The summed E-state index contributed by atoms with van der Waals surface area (Å²) in [6.45, 7) is 0.928. The first-order chi connectivity index (χ1) is 14.7.